The third kappa shape index (κ3) is 2.96. The zero-order valence-corrected chi connectivity index (χ0v) is 12.3. The van der Waals surface area contributed by atoms with Crippen molar-refractivity contribution < 1.29 is 14.6 Å². The number of hydrogen-bond acceptors (Lipinski definition) is 3. The molecule has 1 saturated heterocycles. The molecule has 1 aliphatic heterocycles. The van der Waals surface area contributed by atoms with Crippen LogP contribution in [0.4, 0.5) is 0 Å². The summed E-state index contributed by atoms with van der Waals surface area (Å²) >= 11 is 0. The average Bonchev–Trinajstić information content (AvgIpc) is 2.48. The van der Waals surface area contributed by atoms with Gasteiger partial charge >= 0.3 is 5.97 Å². The van der Waals surface area contributed by atoms with Gasteiger partial charge in [-0.2, -0.15) is 0 Å². The molecule has 0 aliphatic carbocycles. The van der Waals surface area contributed by atoms with Gasteiger partial charge in [0.2, 0.25) is 0 Å². The molecular weight excluding hydrogens is 254 g/mol. The lowest BCUT2D eigenvalue weighted by Crippen LogP contribution is -2.55. The summed E-state index contributed by atoms with van der Waals surface area (Å²) < 4.78 is 5.35. The number of ether oxygens (including phenoxy) is 1. The Balaban J connectivity index is 2.26. The topological polar surface area (TPSA) is 49.8 Å². The standard InChI is InChI=1S/C16H23NO3/c1-16(15(18)19,17-10-6-3-7-11-17)12-13-8-4-5-9-14(13)20-2/h4-5,8-9H,3,6-7,10-12H2,1-2H3,(H,18,19). The fourth-order valence-electron chi connectivity index (χ4n) is 2.93. The second-order valence-electron chi connectivity index (χ2n) is 5.62. The van der Waals surface area contributed by atoms with Crippen molar-refractivity contribution >= 4 is 5.97 Å². The molecule has 1 aliphatic rings. The number of piperidine rings is 1. The lowest BCUT2D eigenvalue weighted by Gasteiger charge is -2.40. The highest BCUT2D eigenvalue weighted by atomic mass is 16.5. The van der Waals surface area contributed by atoms with Crippen molar-refractivity contribution in [2.24, 2.45) is 0 Å². The number of para-hydroxylation sites is 1. The molecule has 0 radical (unpaired) electrons. The SMILES string of the molecule is COc1ccccc1CC(C)(C(=O)O)N1CCCCC1. The van der Waals surface area contributed by atoms with Gasteiger partial charge in [-0.3, -0.25) is 9.69 Å². The smallest absolute Gasteiger partial charge is 0.324 e. The van der Waals surface area contributed by atoms with Gasteiger partial charge in [-0.15, -0.1) is 0 Å². The Morgan fingerprint density at radius 2 is 1.95 bits per heavy atom. The summed E-state index contributed by atoms with van der Waals surface area (Å²) in [5, 5.41) is 9.73. The van der Waals surface area contributed by atoms with Gasteiger partial charge in [-0.25, -0.2) is 0 Å². The molecule has 0 bridgehead atoms. The minimum Gasteiger partial charge on any atom is -0.496 e. The van der Waals surface area contributed by atoms with Crippen LogP contribution in [-0.4, -0.2) is 41.7 Å². The van der Waals surface area contributed by atoms with Gasteiger partial charge in [0.1, 0.15) is 11.3 Å². The fourth-order valence-corrected chi connectivity index (χ4v) is 2.93. The average molecular weight is 277 g/mol. The van der Waals surface area contributed by atoms with Crippen molar-refractivity contribution in [2.45, 2.75) is 38.1 Å². The molecule has 4 heteroatoms. The molecule has 1 N–H and O–H groups in total. The van der Waals surface area contributed by atoms with Gasteiger partial charge in [-0.1, -0.05) is 24.6 Å². The van der Waals surface area contributed by atoms with Crippen LogP contribution >= 0.6 is 0 Å². The van der Waals surface area contributed by atoms with Crippen molar-refractivity contribution in [3.63, 3.8) is 0 Å². The molecule has 4 nitrogen and oxygen atoms in total. The van der Waals surface area contributed by atoms with Crippen LogP contribution in [0, 0.1) is 0 Å². The van der Waals surface area contributed by atoms with Crippen LogP contribution in [0.5, 0.6) is 5.75 Å². The van der Waals surface area contributed by atoms with Crippen molar-refractivity contribution in [3.8, 4) is 5.75 Å². The second kappa shape index (κ2) is 6.27. The van der Waals surface area contributed by atoms with E-state index >= 15 is 0 Å². The largest absolute Gasteiger partial charge is 0.496 e. The molecule has 20 heavy (non-hydrogen) atoms. The van der Waals surface area contributed by atoms with E-state index < -0.39 is 11.5 Å². The Kier molecular flexibility index (Phi) is 4.65. The molecule has 1 atom stereocenters. The van der Waals surface area contributed by atoms with Crippen LogP contribution in [0.15, 0.2) is 24.3 Å². The summed E-state index contributed by atoms with van der Waals surface area (Å²) in [5.74, 6) is 0.00212. The first-order chi connectivity index (χ1) is 9.58. The third-order valence-electron chi connectivity index (χ3n) is 4.24. The van der Waals surface area contributed by atoms with Crippen molar-refractivity contribution in [1.82, 2.24) is 4.90 Å². The van der Waals surface area contributed by atoms with E-state index in [-0.39, 0.29) is 0 Å². The lowest BCUT2D eigenvalue weighted by molar-refractivity contribution is -0.151. The van der Waals surface area contributed by atoms with E-state index in [1.165, 1.54) is 6.42 Å². The highest BCUT2D eigenvalue weighted by molar-refractivity contribution is 5.79. The maximum absolute atomic E-state index is 11.8. The molecule has 1 fully saturated rings. The van der Waals surface area contributed by atoms with E-state index in [0.29, 0.717) is 6.42 Å². The molecule has 2 rings (SSSR count). The Labute approximate surface area is 120 Å². The van der Waals surface area contributed by atoms with E-state index in [1.807, 2.05) is 31.2 Å². The second-order valence-corrected chi connectivity index (χ2v) is 5.62. The Bertz CT molecular complexity index is 469. The predicted molar refractivity (Wildman–Crippen MR) is 78.2 cm³/mol. The van der Waals surface area contributed by atoms with Crippen LogP contribution in [0.1, 0.15) is 31.7 Å². The molecule has 110 valence electrons. The first-order valence-corrected chi connectivity index (χ1v) is 7.18. The Hall–Kier alpha value is -1.55. The van der Waals surface area contributed by atoms with E-state index in [1.54, 1.807) is 7.11 Å². The van der Waals surface area contributed by atoms with Crippen molar-refractivity contribution in [2.75, 3.05) is 20.2 Å². The maximum atomic E-state index is 11.8. The summed E-state index contributed by atoms with van der Waals surface area (Å²) in [5.41, 5.74) is 0.0835. The van der Waals surface area contributed by atoms with Crippen LogP contribution < -0.4 is 4.74 Å². The van der Waals surface area contributed by atoms with Gasteiger partial charge in [-0.05, 0) is 44.5 Å². The third-order valence-corrected chi connectivity index (χ3v) is 4.24. The van der Waals surface area contributed by atoms with Gasteiger partial charge in [0.25, 0.3) is 0 Å². The van der Waals surface area contributed by atoms with E-state index in [0.717, 1.165) is 37.2 Å². The highest BCUT2D eigenvalue weighted by Gasteiger charge is 2.40. The zero-order valence-electron chi connectivity index (χ0n) is 12.3. The number of carbonyl (C=O) groups is 1. The van der Waals surface area contributed by atoms with E-state index in [4.69, 9.17) is 4.74 Å². The van der Waals surface area contributed by atoms with Crippen LogP contribution in [0.3, 0.4) is 0 Å². The molecule has 0 aromatic heterocycles. The van der Waals surface area contributed by atoms with Crippen molar-refractivity contribution in [3.05, 3.63) is 29.8 Å². The number of hydrogen-bond donors (Lipinski definition) is 1. The number of nitrogens with zero attached hydrogens (tertiary/aromatic N) is 1. The van der Waals surface area contributed by atoms with Crippen LogP contribution in [0.2, 0.25) is 0 Å². The summed E-state index contributed by atoms with van der Waals surface area (Å²) in [7, 11) is 1.62. The highest BCUT2D eigenvalue weighted by Crippen LogP contribution is 2.29. The minimum atomic E-state index is -0.866. The molecule has 0 amide bonds. The van der Waals surface area contributed by atoms with Gasteiger partial charge in [0.15, 0.2) is 0 Å². The Morgan fingerprint density at radius 1 is 1.30 bits per heavy atom. The number of carboxylic acid groups (broad SMARTS) is 1. The summed E-state index contributed by atoms with van der Waals surface area (Å²) in [4.78, 5) is 13.9. The number of carboxylic acids is 1. The first kappa shape index (κ1) is 14.9. The van der Waals surface area contributed by atoms with Crippen LogP contribution in [-0.2, 0) is 11.2 Å². The molecule has 0 spiro atoms. The van der Waals surface area contributed by atoms with E-state index in [2.05, 4.69) is 4.90 Å². The monoisotopic (exact) mass is 277 g/mol. The molecule has 1 aromatic carbocycles. The number of likely N-dealkylation sites (tertiary alicyclic amines) is 1. The quantitative estimate of drug-likeness (QED) is 0.898. The summed E-state index contributed by atoms with van der Waals surface area (Å²) in [6.07, 6.45) is 3.82. The number of methoxy groups -OCH3 is 1. The Morgan fingerprint density at radius 3 is 2.55 bits per heavy atom. The number of benzene rings is 1. The van der Waals surface area contributed by atoms with E-state index in [9.17, 15) is 9.90 Å². The number of rotatable bonds is 5. The molecule has 1 unspecified atom stereocenters. The van der Waals surface area contributed by atoms with Crippen molar-refractivity contribution in [1.29, 1.82) is 0 Å². The fraction of sp³-hybridized carbons (Fsp3) is 0.562. The normalized spacial score (nSPS) is 19.3. The molecule has 1 heterocycles. The maximum Gasteiger partial charge on any atom is 0.324 e. The first-order valence-electron chi connectivity index (χ1n) is 7.18. The lowest BCUT2D eigenvalue weighted by atomic mass is 9.88. The number of aliphatic carboxylic acids is 1. The zero-order chi connectivity index (χ0) is 14.6. The van der Waals surface area contributed by atoms with Gasteiger partial charge < -0.3 is 9.84 Å². The van der Waals surface area contributed by atoms with Crippen LogP contribution in [0.25, 0.3) is 0 Å². The molecule has 1 aromatic rings. The van der Waals surface area contributed by atoms with Gasteiger partial charge in [0.05, 0.1) is 7.11 Å². The molecular formula is C16H23NO3. The summed E-state index contributed by atoms with van der Waals surface area (Å²) in [6, 6.07) is 7.66. The minimum absolute atomic E-state index is 0.465. The summed E-state index contributed by atoms with van der Waals surface area (Å²) in [6.45, 7) is 3.54. The van der Waals surface area contributed by atoms with Gasteiger partial charge in [0, 0.05) is 6.42 Å². The predicted octanol–water partition coefficient (Wildman–Crippen LogP) is 2.57. The molecule has 0 saturated carbocycles.